The molecule has 0 aliphatic heterocycles. The van der Waals surface area contributed by atoms with E-state index >= 15 is 0 Å². The third-order valence-electron chi connectivity index (χ3n) is 3.53. The smallest absolute Gasteiger partial charge is 0.308 e. The van der Waals surface area contributed by atoms with E-state index in [0.717, 1.165) is 0 Å². The Morgan fingerprint density at radius 3 is 2.07 bits per heavy atom. The van der Waals surface area contributed by atoms with Crippen LogP contribution in [-0.2, 0) is 10.0 Å². The largest absolute Gasteiger partial charge is 0.323 e. The van der Waals surface area contributed by atoms with Crippen molar-refractivity contribution in [1.29, 1.82) is 0 Å². The average molecular weight is 402 g/mol. The van der Waals surface area contributed by atoms with Gasteiger partial charge in [0.1, 0.15) is 4.90 Å². The quantitative estimate of drug-likeness (QED) is 0.574. The molecule has 0 radical (unpaired) electrons. The zero-order valence-electron chi connectivity index (χ0n) is 14.0. The van der Waals surface area contributed by atoms with Crippen molar-refractivity contribution in [2.24, 2.45) is 0 Å². The summed E-state index contributed by atoms with van der Waals surface area (Å²) in [4.78, 5) is 12.0. The Labute approximate surface area is 162 Å². The van der Waals surface area contributed by atoms with E-state index in [1.807, 2.05) is 6.07 Å². The first-order chi connectivity index (χ1) is 12.9. The van der Waals surface area contributed by atoms with Crippen molar-refractivity contribution >= 4 is 44.7 Å². The molecule has 0 aliphatic carbocycles. The van der Waals surface area contributed by atoms with Crippen LogP contribution in [0.3, 0.4) is 0 Å². The topological polar surface area (TPSA) is 87.3 Å². The van der Waals surface area contributed by atoms with Crippen LogP contribution in [0.1, 0.15) is 0 Å². The van der Waals surface area contributed by atoms with Gasteiger partial charge in [-0.2, -0.15) is 0 Å². The summed E-state index contributed by atoms with van der Waals surface area (Å²) in [7, 11) is -3.85. The summed E-state index contributed by atoms with van der Waals surface area (Å²) in [6, 6.07) is 21.1. The molecule has 0 spiro atoms. The van der Waals surface area contributed by atoms with Crippen molar-refractivity contribution in [2.75, 3.05) is 15.4 Å². The molecule has 3 aromatic carbocycles. The molecule has 6 nitrogen and oxygen atoms in total. The van der Waals surface area contributed by atoms with Crippen LogP contribution in [0.2, 0.25) is 5.02 Å². The summed E-state index contributed by atoms with van der Waals surface area (Å²) >= 11 is 5.97. The number of para-hydroxylation sites is 1. The maximum Gasteiger partial charge on any atom is 0.323 e. The first kappa shape index (κ1) is 18.8. The number of hydrogen-bond acceptors (Lipinski definition) is 3. The van der Waals surface area contributed by atoms with Crippen LogP contribution in [0.5, 0.6) is 0 Å². The molecule has 8 heteroatoms. The number of carbonyl (C=O) groups excluding carboxylic acids is 1. The molecule has 3 N–H and O–H groups in total. The lowest BCUT2D eigenvalue weighted by Gasteiger charge is -2.11. The van der Waals surface area contributed by atoms with Crippen LogP contribution in [0.25, 0.3) is 0 Å². The van der Waals surface area contributed by atoms with Crippen molar-refractivity contribution in [3.8, 4) is 0 Å². The molecule has 0 unspecified atom stereocenters. The van der Waals surface area contributed by atoms with Gasteiger partial charge in [-0.25, -0.2) is 13.2 Å². The van der Waals surface area contributed by atoms with Crippen LogP contribution in [0, 0.1) is 0 Å². The predicted molar refractivity (Wildman–Crippen MR) is 108 cm³/mol. The highest BCUT2D eigenvalue weighted by Crippen LogP contribution is 2.24. The van der Waals surface area contributed by atoms with Gasteiger partial charge in [-0.3, -0.25) is 4.72 Å². The summed E-state index contributed by atoms with van der Waals surface area (Å²) < 4.78 is 27.5. The summed E-state index contributed by atoms with van der Waals surface area (Å²) in [5, 5.41) is 5.47. The van der Waals surface area contributed by atoms with Gasteiger partial charge >= 0.3 is 6.03 Å². The van der Waals surface area contributed by atoms with Gasteiger partial charge in [0.05, 0.1) is 10.7 Å². The normalized spacial score (nSPS) is 10.9. The number of sulfonamides is 1. The van der Waals surface area contributed by atoms with Crippen LogP contribution >= 0.6 is 11.6 Å². The van der Waals surface area contributed by atoms with Crippen LogP contribution in [-0.4, -0.2) is 14.4 Å². The SMILES string of the molecule is O=C(Nc1ccccc1)Nc1cccc(NS(=O)(=O)c2ccccc2Cl)c1. The monoisotopic (exact) mass is 401 g/mol. The summed E-state index contributed by atoms with van der Waals surface area (Å²) in [5.41, 5.74) is 1.38. The molecule has 0 aromatic heterocycles. The van der Waals surface area contributed by atoms with Gasteiger partial charge in [-0.15, -0.1) is 0 Å². The predicted octanol–water partition coefficient (Wildman–Crippen LogP) is 4.78. The van der Waals surface area contributed by atoms with Gasteiger partial charge in [0, 0.05) is 11.4 Å². The number of amides is 2. The molecule has 0 saturated carbocycles. The Morgan fingerprint density at radius 1 is 0.741 bits per heavy atom. The van der Waals surface area contributed by atoms with E-state index in [1.165, 1.54) is 18.2 Å². The Balaban J connectivity index is 1.72. The highest BCUT2D eigenvalue weighted by molar-refractivity contribution is 7.92. The molecule has 0 atom stereocenters. The number of benzene rings is 3. The number of urea groups is 1. The molecule has 0 aliphatic rings. The fourth-order valence-corrected chi connectivity index (χ4v) is 3.92. The lowest BCUT2D eigenvalue weighted by Crippen LogP contribution is -2.19. The molecule has 0 fully saturated rings. The third kappa shape index (κ3) is 4.99. The molecule has 3 rings (SSSR count). The van der Waals surface area contributed by atoms with E-state index < -0.39 is 16.1 Å². The number of rotatable bonds is 5. The second-order valence-electron chi connectivity index (χ2n) is 5.56. The lowest BCUT2D eigenvalue weighted by molar-refractivity contribution is 0.262. The molecule has 0 bridgehead atoms. The zero-order chi connectivity index (χ0) is 19.3. The number of carbonyl (C=O) groups is 1. The molecule has 3 aromatic rings. The fourth-order valence-electron chi connectivity index (χ4n) is 2.35. The Bertz CT molecular complexity index is 1060. The highest BCUT2D eigenvalue weighted by atomic mass is 35.5. The van der Waals surface area contributed by atoms with E-state index in [-0.39, 0.29) is 9.92 Å². The van der Waals surface area contributed by atoms with Crippen LogP contribution in [0.4, 0.5) is 21.9 Å². The van der Waals surface area contributed by atoms with E-state index in [9.17, 15) is 13.2 Å². The van der Waals surface area contributed by atoms with E-state index in [1.54, 1.807) is 54.6 Å². The molecular weight excluding hydrogens is 386 g/mol. The first-order valence-electron chi connectivity index (χ1n) is 7.94. The first-order valence-corrected chi connectivity index (χ1v) is 9.81. The summed E-state index contributed by atoms with van der Waals surface area (Å²) in [5.74, 6) is 0. The molecule has 2 amide bonds. The van der Waals surface area contributed by atoms with Gasteiger partial charge in [-0.05, 0) is 42.5 Å². The summed E-state index contributed by atoms with van der Waals surface area (Å²) in [6.07, 6.45) is 0. The number of halogens is 1. The number of hydrogen-bond donors (Lipinski definition) is 3. The van der Waals surface area contributed by atoms with Gasteiger partial charge in [0.25, 0.3) is 10.0 Å². The molecule has 138 valence electrons. The van der Waals surface area contributed by atoms with Gasteiger partial charge < -0.3 is 10.6 Å². The maximum absolute atomic E-state index is 12.5. The van der Waals surface area contributed by atoms with Gasteiger partial charge in [0.2, 0.25) is 0 Å². The van der Waals surface area contributed by atoms with Gasteiger partial charge in [0.15, 0.2) is 0 Å². The van der Waals surface area contributed by atoms with Crippen molar-refractivity contribution in [3.05, 3.63) is 83.9 Å². The van der Waals surface area contributed by atoms with E-state index in [4.69, 9.17) is 11.6 Å². The highest BCUT2D eigenvalue weighted by Gasteiger charge is 2.17. The lowest BCUT2D eigenvalue weighted by atomic mass is 10.3. The van der Waals surface area contributed by atoms with Crippen LogP contribution < -0.4 is 15.4 Å². The second-order valence-corrected chi connectivity index (χ2v) is 7.62. The average Bonchev–Trinajstić information content (AvgIpc) is 2.62. The van der Waals surface area contributed by atoms with E-state index in [0.29, 0.717) is 17.1 Å². The van der Waals surface area contributed by atoms with Crippen LogP contribution in [0.15, 0.2) is 83.8 Å². The Kier molecular flexibility index (Phi) is 5.63. The second kappa shape index (κ2) is 8.11. The Morgan fingerprint density at radius 2 is 1.33 bits per heavy atom. The van der Waals surface area contributed by atoms with Crippen molar-refractivity contribution in [2.45, 2.75) is 4.90 Å². The third-order valence-corrected chi connectivity index (χ3v) is 5.41. The number of nitrogens with one attached hydrogen (secondary N) is 3. The summed E-state index contributed by atoms with van der Waals surface area (Å²) in [6.45, 7) is 0. The van der Waals surface area contributed by atoms with Gasteiger partial charge in [-0.1, -0.05) is 48.0 Å². The van der Waals surface area contributed by atoms with Crippen molar-refractivity contribution in [3.63, 3.8) is 0 Å². The van der Waals surface area contributed by atoms with E-state index in [2.05, 4.69) is 15.4 Å². The minimum Gasteiger partial charge on any atom is -0.308 e. The zero-order valence-corrected chi connectivity index (χ0v) is 15.6. The fraction of sp³-hybridized carbons (Fsp3) is 0. The minimum atomic E-state index is -3.85. The molecule has 27 heavy (non-hydrogen) atoms. The Hall–Kier alpha value is -3.03. The minimum absolute atomic E-state index is 0.0214. The standard InChI is InChI=1S/C19H16ClN3O3S/c20-17-11-4-5-12-18(17)27(25,26)23-16-10-6-9-15(13-16)22-19(24)21-14-7-2-1-3-8-14/h1-13,23H,(H2,21,22,24). The molecular formula is C19H16ClN3O3S. The maximum atomic E-state index is 12.5. The molecule has 0 saturated heterocycles. The molecule has 0 heterocycles. The van der Waals surface area contributed by atoms with Crippen molar-refractivity contribution < 1.29 is 13.2 Å². The van der Waals surface area contributed by atoms with Crippen molar-refractivity contribution in [1.82, 2.24) is 0 Å². The number of anilines is 3.